The van der Waals surface area contributed by atoms with Crippen LogP contribution in [0.3, 0.4) is 0 Å². The third-order valence-corrected chi connectivity index (χ3v) is 1.95. The molecular weight excluding hydrogens is 240 g/mol. The summed E-state index contributed by atoms with van der Waals surface area (Å²) in [5, 5.41) is 18.2. The molecule has 0 saturated carbocycles. The summed E-state index contributed by atoms with van der Waals surface area (Å²) in [4.78, 5) is 22.4. The van der Waals surface area contributed by atoms with Gasteiger partial charge >= 0.3 is 11.9 Å². The van der Waals surface area contributed by atoms with Crippen molar-refractivity contribution in [3.05, 3.63) is 24.3 Å². The Balaban J connectivity index is 4.50. The van der Waals surface area contributed by atoms with Gasteiger partial charge < -0.3 is 19.7 Å². The summed E-state index contributed by atoms with van der Waals surface area (Å²) < 4.78 is 9.59. The molecule has 0 aromatic rings. The van der Waals surface area contributed by atoms with Crippen LogP contribution in [0.15, 0.2) is 24.3 Å². The van der Waals surface area contributed by atoms with Gasteiger partial charge in [0.05, 0.1) is 6.61 Å². The number of aliphatic hydroxyl groups excluding tert-OH is 2. The zero-order valence-corrected chi connectivity index (χ0v) is 10.5. The van der Waals surface area contributed by atoms with E-state index in [4.69, 9.17) is 14.6 Å². The quantitative estimate of drug-likeness (QED) is 0.491. The maximum Gasteiger partial charge on any atom is 0.333 e. The summed E-state index contributed by atoms with van der Waals surface area (Å²) in [5.41, 5.74) is 0.315. The molecular formula is C12H18O6. The monoisotopic (exact) mass is 258 g/mol. The van der Waals surface area contributed by atoms with Crippen LogP contribution in [0.25, 0.3) is 0 Å². The summed E-state index contributed by atoms with van der Waals surface area (Å²) in [6.45, 7) is 8.65. The first kappa shape index (κ1) is 16.3. The van der Waals surface area contributed by atoms with Crippen molar-refractivity contribution in [1.82, 2.24) is 0 Å². The molecule has 2 N–H and O–H groups in total. The van der Waals surface area contributed by atoms with E-state index in [1.165, 1.54) is 13.8 Å². The molecule has 0 aromatic carbocycles. The SMILES string of the molecule is C=C(C)C(=O)OCC(OC(=O)C(=C)C)C(O)CO. The number of rotatable bonds is 7. The molecule has 0 spiro atoms. The maximum atomic E-state index is 11.3. The van der Waals surface area contributed by atoms with Gasteiger partial charge in [0.25, 0.3) is 0 Å². The molecule has 0 radical (unpaired) electrons. The van der Waals surface area contributed by atoms with Crippen LogP contribution in [-0.2, 0) is 19.1 Å². The highest BCUT2D eigenvalue weighted by atomic mass is 16.6. The summed E-state index contributed by atoms with van der Waals surface area (Å²) in [5.74, 6) is -1.41. The molecule has 0 aliphatic rings. The zero-order valence-electron chi connectivity index (χ0n) is 10.5. The topological polar surface area (TPSA) is 93.1 Å². The van der Waals surface area contributed by atoms with E-state index in [1.54, 1.807) is 0 Å². The highest BCUT2D eigenvalue weighted by molar-refractivity contribution is 5.87. The van der Waals surface area contributed by atoms with Crippen molar-refractivity contribution >= 4 is 11.9 Å². The molecule has 2 unspecified atom stereocenters. The van der Waals surface area contributed by atoms with Crippen molar-refractivity contribution < 1.29 is 29.3 Å². The van der Waals surface area contributed by atoms with Crippen molar-refractivity contribution in [2.45, 2.75) is 26.1 Å². The molecule has 0 saturated heterocycles. The number of aliphatic hydroxyl groups is 2. The molecule has 6 heteroatoms. The Morgan fingerprint density at radius 3 is 2.06 bits per heavy atom. The van der Waals surface area contributed by atoms with Gasteiger partial charge in [-0.25, -0.2) is 9.59 Å². The third kappa shape index (κ3) is 5.60. The average Bonchev–Trinajstić information content (AvgIpc) is 2.32. The molecule has 0 aliphatic carbocycles. The van der Waals surface area contributed by atoms with Gasteiger partial charge in [0.15, 0.2) is 6.10 Å². The number of hydrogen-bond donors (Lipinski definition) is 2. The van der Waals surface area contributed by atoms with Crippen LogP contribution in [0.2, 0.25) is 0 Å². The Kier molecular flexibility index (Phi) is 6.92. The fourth-order valence-corrected chi connectivity index (χ4v) is 0.860. The minimum atomic E-state index is -1.34. The van der Waals surface area contributed by atoms with Crippen LogP contribution in [0.5, 0.6) is 0 Å². The maximum absolute atomic E-state index is 11.3. The molecule has 0 fully saturated rings. The van der Waals surface area contributed by atoms with E-state index in [1.807, 2.05) is 0 Å². The minimum Gasteiger partial charge on any atom is -0.458 e. The van der Waals surface area contributed by atoms with Crippen molar-refractivity contribution in [3.63, 3.8) is 0 Å². The Labute approximate surface area is 106 Å². The van der Waals surface area contributed by atoms with E-state index in [9.17, 15) is 14.7 Å². The second-order valence-corrected chi connectivity index (χ2v) is 3.85. The van der Waals surface area contributed by atoms with E-state index in [0.29, 0.717) is 0 Å². The van der Waals surface area contributed by atoms with Crippen LogP contribution < -0.4 is 0 Å². The minimum absolute atomic E-state index is 0.136. The van der Waals surface area contributed by atoms with Crippen LogP contribution >= 0.6 is 0 Å². The Morgan fingerprint density at radius 2 is 1.67 bits per heavy atom. The largest absolute Gasteiger partial charge is 0.458 e. The van der Waals surface area contributed by atoms with E-state index in [0.717, 1.165) is 0 Å². The van der Waals surface area contributed by atoms with Gasteiger partial charge in [0.1, 0.15) is 12.7 Å². The third-order valence-electron chi connectivity index (χ3n) is 1.95. The number of carbonyl (C=O) groups is 2. The van der Waals surface area contributed by atoms with E-state index in [2.05, 4.69) is 13.2 Å². The van der Waals surface area contributed by atoms with Crippen molar-refractivity contribution in [2.75, 3.05) is 13.2 Å². The molecule has 0 aromatic heterocycles. The standard InChI is InChI=1S/C12H18O6/c1-7(2)11(15)17-6-10(9(14)5-13)18-12(16)8(3)4/h9-10,13-14H,1,3,5-6H2,2,4H3. The predicted octanol–water partition coefficient (Wildman–Crippen LogP) is -0.0532. The second-order valence-electron chi connectivity index (χ2n) is 3.85. The summed E-state index contributed by atoms with van der Waals surface area (Å²) >= 11 is 0. The lowest BCUT2D eigenvalue weighted by Gasteiger charge is -2.21. The fourth-order valence-electron chi connectivity index (χ4n) is 0.860. The first-order valence-corrected chi connectivity index (χ1v) is 5.27. The predicted molar refractivity (Wildman–Crippen MR) is 63.6 cm³/mol. The molecule has 0 rings (SSSR count). The van der Waals surface area contributed by atoms with E-state index in [-0.39, 0.29) is 17.8 Å². The fraction of sp³-hybridized carbons (Fsp3) is 0.500. The van der Waals surface area contributed by atoms with Gasteiger partial charge in [0.2, 0.25) is 0 Å². The van der Waals surface area contributed by atoms with Gasteiger partial charge in [-0.1, -0.05) is 13.2 Å². The van der Waals surface area contributed by atoms with Crippen molar-refractivity contribution in [1.29, 1.82) is 0 Å². The van der Waals surface area contributed by atoms with E-state index >= 15 is 0 Å². The molecule has 18 heavy (non-hydrogen) atoms. The van der Waals surface area contributed by atoms with Crippen LogP contribution in [0, 0.1) is 0 Å². The summed E-state index contributed by atoms with van der Waals surface area (Å²) in [6, 6.07) is 0. The molecule has 0 amide bonds. The molecule has 0 aliphatic heterocycles. The van der Waals surface area contributed by atoms with Gasteiger partial charge in [0, 0.05) is 11.1 Å². The van der Waals surface area contributed by atoms with Gasteiger partial charge in [-0.2, -0.15) is 0 Å². The van der Waals surface area contributed by atoms with Crippen molar-refractivity contribution in [3.8, 4) is 0 Å². The first-order valence-electron chi connectivity index (χ1n) is 5.27. The number of esters is 2. The van der Waals surface area contributed by atoms with Gasteiger partial charge in [-0.05, 0) is 13.8 Å². The Bertz CT molecular complexity index is 346. The highest BCUT2D eigenvalue weighted by Crippen LogP contribution is 2.06. The number of ether oxygens (including phenoxy) is 2. The normalized spacial score (nSPS) is 13.3. The molecule has 2 atom stereocenters. The zero-order chi connectivity index (χ0) is 14.3. The first-order chi connectivity index (χ1) is 8.29. The van der Waals surface area contributed by atoms with Crippen LogP contribution in [-0.4, -0.2) is 47.6 Å². The van der Waals surface area contributed by atoms with Crippen molar-refractivity contribution in [2.24, 2.45) is 0 Å². The van der Waals surface area contributed by atoms with Crippen LogP contribution in [0.1, 0.15) is 13.8 Å². The lowest BCUT2D eigenvalue weighted by Crippen LogP contribution is -2.38. The second kappa shape index (κ2) is 7.62. The van der Waals surface area contributed by atoms with Gasteiger partial charge in [-0.15, -0.1) is 0 Å². The number of hydrogen-bond acceptors (Lipinski definition) is 6. The van der Waals surface area contributed by atoms with E-state index < -0.39 is 30.8 Å². The molecule has 6 nitrogen and oxygen atoms in total. The van der Waals surface area contributed by atoms with Gasteiger partial charge in [-0.3, -0.25) is 0 Å². The number of carbonyl (C=O) groups excluding carboxylic acids is 2. The average molecular weight is 258 g/mol. The summed E-state index contributed by atoms with van der Waals surface area (Å²) in [6.07, 6.45) is -2.49. The smallest absolute Gasteiger partial charge is 0.333 e. The molecule has 0 heterocycles. The highest BCUT2D eigenvalue weighted by Gasteiger charge is 2.25. The molecule has 0 bridgehead atoms. The van der Waals surface area contributed by atoms with Crippen LogP contribution in [0.4, 0.5) is 0 Å². The molecule has 102 valence electrons. The Hall–Kier alpha value is -1.66. The summed E-state index contributed by atoms with van der Waals surface area (Å²) in [7, 11) is 0. The lowest BCUT2D eigenvalue weighted by molar-refractivity contribution is -0.162. The Morgan fingerprint density at radius 1 is 1.17 bits per heavy atom. The lowest BCUT2D eigenvalue weighted by atomic mass is 10.2.